The molecule has 0 aliphatic heterocycles. The first-order chi connectivity index (χ1) is 8.52. The highest BCUT2D eigenvalue weighted by Gasteiger charge is 2.07. The van der Waals surface area contributed by atoms with Crippen LogP contribution in [-0.4, -0.2) is 26.1 Å². The van der Waals surface area contributed by atoms with Gasteiger partial charge in [0.05, 0.1) is 6.42 Å². The van der Waals surface area contributed by atoms with Gasteiger partial charge in [0.2, 0.25) is 5.91 Å². The van der Waals surface area contributed by atoms with E-state index < -0.39 is 11.2 Å². The molecule has 8 nitrogen and oxygen atoms in total. The van der Waals surface area contributed by atoms with E-state index in [0.717, 1.165) is 11.8 Å². The monoisotopic (exact) mass is 249 g/mol. The van der Waals surface area contributed by atoms with Gasteiger partial charge in [-0.05, 0) is 6.92 Å². The van der Waals surface area contributed by atoms with E-state index in [1.54, 1.807) is 13.0 Å². The summed E-state index contributed by atoms with van der Waals surface area (Å²) in [5.41, 5.74) is -0.124. The first kappa shape index (κ1) is 11.8. The maximum absolute atomic E-state index is 11.6. The van der Waals surface area contributed by atoms with Crippen LogP contribution in [0.3, 0.4) is 0 Å². The van der Waals surface area contributed by atoms with Crippen molar-refractivity contribution in [1.82, 2.24) is 20.2 Å². The van der Waals surface area contributed by atoms with E-state index in [1.165, 1.54) is 0 Å². The number of H-pyrrole nitrogens is 3. The van der Waals surface area contributed by atoms with Crippen LogP contribution in [0.1, 0.15) is 11.4 Å². The van der Waals surface area contributed by atoms with Crippen LogP contribution in [0.2, 0.25) is 0 Å². The Bertz CT molecular complexity index is 653. The minimum atomic E-state index is -0.638. The second kappa shape index (κ2) is 4.70. The summed E-state index contributed by atoms with van der Waals surface area (Å²) < 4.78 is 0. The number of nitrogens with zero attached hydrogens (tertiary/aromatic N) is 1. The summed E-state index contributed by atoms with van der Waals surface area (Å²) in [6, 6.07) is 2.83. The summed E-state index contributed by atoms with van der Waals surface area (Å²) in [4.78, 5) is 38.0. The molecule has 0 saturated heterocycles. The first-order valence-corrected chi connectivity index (χ1v) is 5.17. The molecule has 0 bridgehead atoms. The molecule has 0 aliphatic carbocycles. The van der Waals surface area contributed by atoms with Crippen LogP contribution >= 0.6 is 0 Å². The van der Waals surface area contributed by atoms with Crippen molar-refractivity contribution in [3.05, 3.63) is 44.4 Å². The van der Waals surface area contributed by atoms with E-state index in [4.69, 9.17) is 0 Å². The maximum Gasteiger partial charge on any atom is 0.325 e. The summed E-state index contributed by atoms with van der Waals surface area (Å²) in [5.74, 6) is 0.0208. The minimum absolute atomic E-state index is 0.106. The van der Waals surface area contributed by atoms with E-state index in [0.29, 0.717) is 5.82 Å². The lowest BCUT2D eigenvalue weighted by Crippen LogP contribution is -2.25. The molecule has 0 saturated carbocycles. The van der Waals surface area contributed by atoms with E-state index >= 15 is 0 Å². The van der Waals surface area contributed by atoms with Gasteiger partial charge in [-0.15, -0.1) is 0 Å². The number of anilines is 1. The average Bonchev–Trinajstić information content (AvgIpc) is 2.61. The fourth-order valence-electron chi connectivity index (χ4n) is 1.46. The molecule has 94 valence electrons. The predicted octanol–water partition coefficient (Wildman–Crippen LogP) is -0.724. The normalized spacial score (nSPS) is 10.3. The van der Waals surface area contributed by atoms with Gasteiger partial charge >= 0.3 is 5.69 Å². The molecule has 0 unspecified atom stereocenters. The Morgan fingerprint density at radius 3 is 2.72 bits per heavy atom. The van der Waals surface area contributed by atoms with Gasteiger partial charge in [0.15, 0.2) is 5.82 Å². The van der Waals surface area contributed by atoms with Crippen molar-refractivity contribution in [3.63, 3.8) is 0 Å². The zero-order valence-corrected chi connectivity index (χ0v) is 9.53. The number of amides is 1. The molecule has 0 spiro atoms. The summed E-state index contributed by atoms with van der Waals surface area (Å²) >= 11 is 0. The molecule has 2 aromatic rings. The molecule has 1 amide bonds. The third-order valence-corrected chi connectivity index (χ3v) is 2.14. The van der Waals surface area contributed by atoms with Crippen molar-refractivity contribution in [3.8, 4) is 0 Å². The summed E-state index contributed by atoms with van der Waals surface area (Å²) in [6.45, 7) is 1.80. The number of rotatable bonds is 3. The third kappa shape index (κ3) is 2.94. The Kier molecular flexibility index (Phi) is 3.09. The van der Waals surface area contributed by atoms with Gasteiger partial charge in [-0.2, -0.15) is 5.10 Å². The van der Waals surface area contributed by atoms with Crippen LogP contribution in [0.5, 0.6) is 0 Å². The number of carbonyl (C=O) groups is 1. The number of carbonyl (C=O) groups excluding carboxylic acids is 1. The lowest BCUT2D eigenvalue weighted by Gasteiger charge is -2.01. The minimum Gasteiger partial charge on any atom is -0.311 e. The van der Waals surface area contributed by atoms with Crippen molar-refractivity contribution in [2.75, 3.05) is 5.32 Å². The first-order valence-electron chi connectivity index (χ1n) is 5.17. The van der Waals surface area contributed by atoms with Crippen LogP contribution < -0.4 is 16.6 Å². The standard InChI is InChI=1S/C10H11N5O3/c1-5-2-7(15-14-5)12-8(16)3-6-4-9(17)13-10(18)11-6/h2,4H,3H2,1H3,(H2,11,13,17,18)(H2,12,14,15,16). The van der Waals surface area contributed by atoms with Crippen molar-refractivity contribution < 1.29 is 4.79 Å². The zero-order valence-electron chi connectivity index (χ0n) is 9.53. The fraction of sp³-hybridized carbons (Fsp3) is 0.200. The van der Waals surface area contributed by atoms with E-state index in [9.17, 15) is 14.4 Å². The van der Waals surface area contributed by atoms with Gasteiger partial charge in [0.25, 0.3) is 5.56 Å². The number of hydrogen-bond donors (Lipinski definition) is 4. The highest BCUT2D eigenvalue weighted by atomic mass is 16.2. The SMILES string of the molecule is Cc1cc(NC(=O)Cc2cc(=O)[nH]c(=O)[nH]2)n[nH]1. The average molecular weight is 249 g/mol. The topological polar surface area (TPSA) is 124 Å². The van der Waals surface area contributed by atoms with Crippen molar-refractivity contribution in [2.45, 2.75) is 13.3 Å². The van der Waals surface area contributed by atoms with Gasteiger partial charge in [0.1, 0.15) is 0 Å². The lowest BCUT2D eigenvalue weighted by molar-refractivity contribution is -0.115. The van der Waals surface area contributed by atoms with Gasteiger partial charge in [0, 0.05) is 23.5 Å². The molecule has 0 radical (unpaired) electrons. The third-order valence-electron chi connectivity index (χ3n) is 2.14. The molecule has 0 aliphatic rings. The molecule has 2 rings (SSSR count). The molecule has 0 aromatic carbocycles. The molecule has 4 N–H and O–H groups in total. The number of nitrogens with one attached hydrogen (secondary N) is 4. The molecule has 8 heteroatoms. The maximum atomic E-state index is 11.6. The second-order valence-corrected chi connectivity index (χ2v) is 3.77. The fourth-order valence-corrected chi connectivity index (χ4v) is 1.46. The number of aromatic amines is 3. The van der Waals surface area contributed by atoms with Crippen LogP contribution in [0.15, 0.2) is 21.7 Å². The summed E-state index contributed by atoms with van der Waals surface area (Å²) in [5, 5.41) is 9.05. The molecular formula is C10H11N5O3. The molecule has 0 fully saturated rings. The molecular weight excluding hydrogens is 238 g/mol. The predicted molar refractivity (Wildman–Crippen MR) is 63.3 cm³/mol. The smallest absolute Gasteiger partial charge is 0.311 e. The number of aryl methyl sites for hydroxylation is 1. The largest absolute Gasteiger partial charge is 0.325 e. The van der Waals surface area contributed by atoms with Gasteiger partial charge in [-0.25, -0.2) is 4.79 Å². The number of hydrogen-bond acceptors (Lipinski definition) is 4. The van der Waals surface area contributed by atoms with Gasteiger partial charge in [-0.3, -0.25) is 19.7 Å². The Morgan fingerprint density at radius 2 is 2.11 bits per heavy atom. The summed E-state index contributed by atoms with van der Waals surface area (Å²) in [6.07, 6.45) is -0.106. The van der Waals surface area contributed by atoms with Crippen LogP contribution in [-0.2, 0) is 11.2 Å². The highest BCUT2D eigenvalue weighted by Crippen LogP contribution is 2.04. The van der Waals surface area contributed by atoms with Crippen LogP contribution in [0.25, 0.3) is 0 Å². The number of aromatic nitrogens is 4. The molecule has 2 aromatic heterocycles. The molecule has 0 atom stereocenters. The Balaban J connectivity index is 2.07. The highest BCUT2D eigenvalue weighted by molar-refractivity contribution is 5.91. The Hall–Kier alpha value is -2.64. The Morgan fingerprint density at radius 1 is 1.33 bits per heavy atom. The molecule has 2 heterocycles. The molecule has 18 heavy (non-hydrogen) atoms. The van der Waals surface area contributed by atoms with E-state index in [-0.39, 0.29) is 18.0 Å². The van der Waals surface area contributed by atoms with Crippen molar-refractivity contribution in [2.24, 2.45) is 0 Å². The lowest BCUT2D eigenvalue weighted by atomic mass is 10.3. The quantitative estimate of drug-likeness (QED) is 0.572. The van der Waals surface area contributed by atoms with Gasteiger partial charge in [-0.1, -0.05) is 0 Å². The Labute approximate surface area is 100 Å². The van der Waals surface area contributed by atoms with E-state index in [1.807, 2.05) is 4.98 Å². The van der Waals surface area contributed by atoms with Crippen molar-refractivity contribution >= 4 is 11.7 Å². The van der Waals surface area contributed by atoms with Crippen LogP contribution in [0.4, 0.5) is 5.82 Å². The van der Waals surface area contributed by atoms with Crippen LogP contribution in [0, 0.1) is 6.92 Å². The second-order valence-electron chi connectivity index (χ2n) is 3.77. The van der Waals surface area contributed by atoms with E-state index in [2.05, 4.69) is 20.5 Å². The zero-order chi connectivity index (χ0) is 13.1. The van der Waals surface area contributed by atoms with Crippen molar-refractivity contribution in [1.29, 1.82) is 0 Å². The van der Waals surface area contributed by atoms with Gasteiger partial charge < -0.3 is 10.3 Å². The summed E-state index contributed by atoms with van der Waals surface area (Å²) in [7, 11) is 0.